The molecule has 2 N–H and O–H groups in total. The van der Waals surface area contributed by atoms with Crippen molar-refractivity contribution in [2.24, 2.45) is 5.92 Å². The maximum atomic E-state index is 13.6. The Morgan fingerprint density at radius 3 is 2.58 bits per heavy atom. The van der Waals surface area contributed by atoms with Gasteiger partial charge in [0.2, 0.25) is 0 Å². The van der Waals surface area contributed by atoms with Crippen LogP contribution in [0.25, 0.3) is 0 Å². The molecule has 1 unspecified atom stereocenters. The smallest absolute Gasteiger partial charge is 0.256 e. The molecule has 0 bridgehead atoms. The van der Waals surface area contributed by atoms with Crippen molar-refractivity contribution in [1.82, 2.24) is 4.90 Å². The van der Waals surface area contributed by atoms with Crippen LogP contribution in [0.4, 0.5) is 4.39 Å². The lowest BCUT2D eigenvalue weighted by Crippen LogP contribution is -2.41. The van der Waals surface area contributed by atoms with Crippen molar-refractivity contribution in [2.75, 3.05) is 13.1 Å². The van der Waals surface area contributed by atoms with Crippen LogP contribution in [-0.4, -0.2) is 40.2 Å². The molecule has 1 aromatic rings. The quantitative estimate of drug-likeness (QED) is 0.858. The van der Waals surface area contributed by atoms with Gasteiger partial charge >= 0.3 is 0 Å². The van der Waals surface area contributed by atoms with Crippen molar-refractivity contribution < 1.29 is 19.4 Å². The zero-order valence-corrected chi connectivity index (χ0v) is 10.8. The van der Waals surface area contributed by atoms with Gasteiger partial charge in [-0.3, -0.25) is 4.79 Å². The second-order valence-electron chi connectivity index (χ2n) is 5.03. The first-order valence-corrected chi connectivity index (χ1v) is 6.45. The average molecular weight is 267 g/mol. The third-order valence-electron chi connectivity index (χ3n) is 3.69. The van der Waals surface area contributed by atoms with Gasteiger partial charge < -0.3 is 15.1 Å². The van der Waals surface area contributed by atoms with Crippen molar-refractivity contribution in [3.8, 4) is 5.75 Å². The molecule has 0 saturated carbocycles. The standard InChI is InChI=1S/C14H18FNO3/c1-9(17)10-4-6-16(7-5-10)14(19)12-3-2-11(18)8-13(12)15/h2-3,8-10,17-18H,4-7H2,1H3. The average Bonchev–Trinajstić information content (AvgIpc) is 2.38. The van der Waals surface area contributed by atoms with E-state index >= 15 is 0 Å². The SMILES string of the molecule is CC(O)C1CCN(C(=O)c2ccc(O)cc2F)CC1. The molecule has 0 aromatic heterocycles. The summed E-state index contributed by atoms with van der Waals surface area (Å²) in [5, 5.41) is 18.6. The van der Waals surface area contributed by atoms with E-state index in [1.807, 2.05) is 0 Å². The van der Waals surface area contributed by atoms with E-state index in [1.54, 1.807) is 11.8 Å². The fraction of sp³-hybridized carbons (Fsp3) is 0.500. The van der Waals surface area contributed by atoms with Crippen molar-refractivity contribution in [3.63, 3.8) is 0 Å². The van der Waals surface area contributed by atoms with Crippen molar-refractivity contribution >= 4 is 5.91 Å². The van der Waals surface area contributed by atoms with Gasteiger partial charge in [-0.2, -0.15) is 0 Å². The minimum absolute atomic E-state index is 0.0201. The van der Waals surface area contributed by atoms with E-state index in [1.165, 1.54) is 12.1 Å². The number of hydrogen-bond donors (Lipinski definition) is 2. The second kappa shape index (κ2) is 5.57. The Hall–Kier alpha value is -1.62. The molecule has 1 heterocycles. The van der Waals surface area contributed by atoms with Crippen LogP contribution in [0.2, 0.25) is 0 Å². The van der Waals surface area contributed by atoms with Gasteiger partial charge in [-0.15, -0.1) is 0 Å². The lowest BCUT2D eigenvalue weighted by molar-refractivity contribution is 0.0518. The van der Waals surface area contributed by atoms with Gasteiger partial charge in [0.1, 0.15) is 11.6 Å². The van der Waals surface area contributed by atoms with Crippen LogP contribution < -0.4 is 0 Å². The molecular weight excluding hydrogens is 249 g/mol. The lowest BCUT2D eigenvalue weighted by atomic mass is 9.92. The minimum atomic E-state index is -0.706. The number of nitrogens with zero attached hydrogens (tertiary/aromatic N) is 1. The predicted molar refractivity (Wildman–Crippen MR) is 68.4 cm³/mol. The van der Waals surface area contributed by atoms with Crippen LogP contribution in [0.3, 0.4) is 0 Å². The van der Waals surface area contributed by atoms with E-state index in [-0.39, 0.29) is 29.2 Å². The summed E-state index contributed by atoms with van der Waals surface area (Å²) in [5.41, 5.74) is -0.0201. The third kappa shape index (κ3) is 3.04. The normalized spacial score (nSPS) is 18.4. The van der Waals surface area contributed by atoms with Crippen LogP contribution in [-0.2, 0) is 0 Å². The van der Waals surface area contributed by atoms with Gasteiger partial charge in [-0.05, 0) is 37.8 Å². The Balaban J connectivity index is 2.05. The van der Waals surface area contributed by atoms with Gasteiger partial charge in [0, 0.05) is 19.2 Å². The number of amides is 1. The van der Waals surface area contributed by atoms with E-state index in [9.17, 15) is 14.3 Å². The number of phenols is 1. The Morgan fingerprint density at radius 2 is 2.05 bits per heavy atom. The summed E-state index contributed by atoms with van der Waals surface area (Å²) < 4.78 is 13.6. The molecule has 4 nitrogen and oxygen atoms in total. The number of carbonyl (C=O) groups excluding carboxylic acids is 1. The number of phenolic OH excluding ortho intramolecular Hbond substituents is 1. The van der Waals surface area contributed by atoms with Gasteiger partial charge in [0.25, 0.3) is 5.91 Å². The van der Waals surface area contributed by atoms with Crippen LogP contribution in [0.15, 0.2) is 18.2 Å². The molecule has 5 heteroatoms. The zero-order chi connectivity index (χ0) is 14.0. The Kier molecular flexibility index (Phi) is 4.04. The molecule has 1 atom stereocenters. The van der Waals surface area contributed by atoms with E-state index in [0.717, 1.165) is 18.9 Å². The number of aliphatic hydroxyl groups excluding tert-OH is 1. The summed E-state index contributed by atoms with van der Waals surface area (Å²) in [7, 11) is 0. The molecule has 1 aliphatic heterocycles. The van der Waals surface area contributed by atoms with Crippen LogP contribution in [0.5, 0.6) is 5.75 Å². The van der Waals surface area contributed by atoms with Gasteiger partial charge in [0.15, 0.2) is 0 Å². The molecule has 0 aliphatic carbocycles. The van der Waals surface area contributed by atoms with Crippen LogP contribution in [0, 0.1) is 11.7 Å². The predicted octanol–water partition coefficient (Wildman–Crippen LogP) is 1.76. The third-order valence-corrected chi connectivity index (χ3v) is 3.69. The number of carbonyl (C=O) groups is 1. The summed E-state index contributed by atoms with van der Waals surface area (Å²) in [5.74, 6) is -1.06. The Bertz CT molecular complexity index is 468. The Morgan fingerprint density at radius 1 is 1.42 bits per heavy atom. The number of piperidine rings is 1. The van der Waals surface area contributed by atoms with Gasteiger partial charge in [0.05, 0.1) is 11.7 Å². The second-order valence-corrected chi connectivity index (χ2v) is 5.03. The fourth-order valence-electron chi connectivity index (χ4n) is 2.43. The van der Waals surface area contributed by atoms with E-state index in [4.69, 9.17) is 5.11 Å². The highest BCUT2D eigenvalue weighted by atomic mass is 19.1. The number of aromatic hydroxyl groups is 1. The number of benzene rings is 1. The zero-order valence-electron chi connectivity index (χ0n) is 10.8. The number of aliphatic hydroxyl groups is 1. The molecule has 1 saturated heterocycles. The highest BCUT2D eigenvalue weighted by molar-refractivity contribution is 5.94. The fourth-order valence-corrected chi connectivity index (χ4v) is 2.43. The van der Waals surface area contributed by atoms with Gasteiger partial charge in [-0.1, -0.05) is 0 Å². The van der Waals surface area contributed by atoms with E-state index in [0.29, 0.717) is 13.1 Å². The van der Waals surface area contributed by atoms with Crippen molar-refractivity contribution in [1.29, 1.82) is 0 Å². The molecule has 2 rings (SSSR count). The summed E-state index contributed by atoms with van der Waals surface area (Å²) in [6, 6.07) is 3.54. The summed E-state index contributed by atoms with van der Waals surface area (Å²) in [6.45, 7) is 2.80. The number of likely N-dealkylation sites (tertiary alicyclic amines) is 1. The first-order valence-electron chi connectivity index (χ1n) is 6.45. The summed E-state index contributed by atoms with van der Waals surface area (Å²) >= 11 is 0. The number of rotatable bonds is 2. The van der Waals surface area contributed by atoms with Crippen LogP contribution >= 0.6 is 0 Å². The largest absolute Gasteiger partial charge is 0.508 e. The maximum Gasteiger partial charge on any atom is 0.256 e. The summed E-state index contributed by atoms with van der Waals surface area (Å²) in [6.07, 6.45) is 1.08. The first-order chi connectivity index (χ1) is 8.99. The molecule has 104 valence electrons. The topological polar surface area (TPSA) is 60.8 Å². The highest BCUT2D eigenvalue weighted by Crippen LogP contribution is 2.23. The van der Waals surface area contributed by atoms with E-state index < -0.39 is 5.82 Å². The molecular formula is C14H18FNO3. The molecule has 1 amide bonds. The molecule has 0 spiro atoms. The highest BCUT2D eigenvalue weighted by Gasteiger charge is 2.27. The molecule has 0 radical (unpaired) electrons. The molecule has 1 aromatic carbocycles. The van der Waals surface area contributed by atoms with E-state index in [2.05, 4.69) is 0 Å². The summed E-state index contributed by atoms with van der Waals surface area (Å²) in [4.78, 5) is 13.7. The molecule has 1 aliphatic rings. The minimum Gasteiger partial charge on any atom is -0.508 e. The van der Waals surface area contributed by atoms with Gasteiger partial charge in [-0.25, -0.2) is 4.39 Å². The molecule has 19 heavy (non-hydrogen) atoms. The van der Waals surface area contributed by atoms with Crippen molar-refractivity contribution in [2.45, 2.75) is 25.9 Å². The number of hydrogen-bond acceptors (Lipinski definition) is 3. The monoisotopic (exact) mass is 267 g/mol. The first kappa shape index (κ1) is 13.8. The Labute approximate surface area is 111 Å². The van der Waals surface area contributed by atoms with Crippen molar-refractivity contribution in [3.05, 3.63) is 29.6 Å². The maximum absolute atomic E-state index is 13.6. The molecule has 1 fully saturated rings. The lowest BCUT2D eigenvalue weighted by Gasteiger charge is -2.33. The van der Waals surface area contributed by atoms with Crippen LogP contribution in [0.1, 0.15) is 30.1 Å². The number of halogens is 1.